The molecule has 3 rings (SSSR count). The van der Waals surface area contributed by atoms with Crippen molar-refractivity contribution in [2.24, 2.45) is 5.10 Å². The van der Waals surface area contributed by atoms with Gasteiger partial charge in [-0.15, -0.1) is 0 Å². The minimum Gasteiger partial charge on any atom is -0.479 e. The molecule has 2 aromatic carbocycles. The lowest BCUT2D eigenvalue weighted by molar-refractivity contribution is -0.149. The molecule has 180 valence electrons. The third-order valence-corrected chi connectivity index (χ3v) is 5.73. The third-order valence-electron chi connectivity index (χ3n) is 4.67. The van der Waals surface area contributed by atoms with Crippen LogP contribution in [0.4, 0.5) is 0 Å². The van der Waals surface area contributed by atoms with Crippen molar-refractivity contribution < 1.29 is 14.3 Å². The van der Waals surface area contributed by atoms with Crippen molar-refractivity contribution >= 4 is 62.2 Å². The van der Waals surface area contributed by atoms with Crippen LogP contribution in [0, 0.1) is 0 Å². The van der Waals surface area contributed by atoms with Gasteiger partial charge in [0.15, 0.2) is 12.4 Å². The number of carbonyl (C=O) groups is 1. The van der Waals surface area contributed by atoms with Gasteiger partial charge < -0.3 is 9.47 Å². The van der Waals surface area contributed by atoms with Gasteiger partial charge in [0.25, 0.3) is 5.56 Å². The van der Waals surface area contributed by atoms with Crippen molar-refractivity contribution in [1.29, 1.82) is 0 Å². The summed E-state index contributed by atoms with van der Waals surface area (Å²) >= 11 is 16.0. The first kappa shape index (κ1) is 26.2. The molecule has 10 heteroatoms. The molecular weight excluding hydrogens is 545 g/mol. The number of aryl methyl sites for hydroxylation is 1. The zero-order chi connectivity index (χ0) is 24.8. The van der Waals surface area contributed by atoms with Crippen molar-refractivity contribution in [3.8, 4) is 5.75 Å². The van der Waals surface area contributed by atoms with Crippen LogP contribution < -0.4 is 10.3 Å². The predicted octanol–water partition coefficient (Wildman–Crippen LogP) is 6.02. The Bertz CT molecular complexity index is 1270. The predicted molar refractivity (Wildman–Crippen MR) is 138 cm³/mol. The Kier molecular flexibility index (Phi) is 9.10. The maximum absolute atomic E-state index is 13.2. The second-order valence-electron chi connectivity index (χ2n) is 7.80. The molecule has 0 spiro atoms. The molecule has 0 aliphatic heterocycles. The van der Waals surface area contributed by atoms with Gasteiger partial charge in [0.2, 0.25) is 0 Å². The number of carbonyl (C=O) groups excluding carboxylic acids is 1. The smallest absolute Gasteiger partial charge is 0.344 e. The molecule has 0 N–H and O–H groups in total. The number of rotatable bonds is 9. The van der Waals surface area contributed by atoms with Gasteiger partial charge in [-0.3, -0.25) is 4.79 Å². The lowest BCUT2D eigenvalue weighted by Crippen LogP contribution is -2.22. The summed E-state index contributed by atoms with van der Waals surface area (Å²) in [5, 5.41) is 5.25. The Morgan fingerprint density at radius 3 is 2.59 bits per heavy atom. The lowest BCUT2D eigenvalue weighted by atomic mass is 10.2. The van der Waals surface area contributed by atoms with Gasteiger partial charge in [-0.1, -0.05) is 52.5 Å². The largest absolute Gasteiger partial charge is 0.479 e. The maximum atomic E-state index is 13.2. The number of ether oxygens (including phenoxy) is 2. The highest BCUT2D eigenvalue weighted by Crippen LogP contribution is 2.34. The minimum atomic E-state index is -0.526. The molecule has 1 heterocycles. The van der Waals surface area contributed by atoms with Crippen LogP contribution in [0.3, 0.4) is 0 Å². The van der Waals surface area contributed by atoms with Crippen molar-refractivity contribution in [1.82, 2.24) is 9.66 Å². The minimum absolute atomic E-state index is 0.166. The van der Waals surface area contributed by atoms with Crippen LogP contribution in [-0.2, 0) is 16.0 Å². The van der Waals surface area contributed by atoms with E-state index in [9.17, 15) is 9.59 Å². The second kappa shape index (κ2) is 11.8. The SMILES string of the molecule is CCCCc1nc2ccc(Br)cc2c(=O)n1N=Cc1cc(Cl)c(OCC(=O)OC(C)C)c(Cl)c1. The van der Waals surface area contributed by atoms with E-state index in [0.717, 1.165) is 17.3 Å². The number of hydrogen-bond acceptors (Lipinski definition) is 6. The molecule has 0 unspecified atom stereocenters. The summed E-state index contributed by atoms with van der Waals surface area (Å²) in [5.41, 5.74) is 0.901. The van der Waals surface area contributed by atoms with Gasteiger partial charge in [-0.25, -0.2) is 9.78 Å². The average Bonchev–Trinajstić information content (AvgIpc) is 2.76. The number of unbranched alkanes of at least 4 members (excludes halogenated alkanes) is 1. The van der Waals surface area contributed by atoms with E-state index in [2.05, 4.69) is 32.9 Å². The lowest BCUT2D eigenvalue weighted by Gasteiger charge is -2.12. The monoisotopic (exact) mass is 567 g/mol. The van der Waals surface area contributed by atoms with Crippen molar-refractivity contribution in [2.75, 3.05) is 6.61 Å². The Hall–Kier alpha value is -2.42. The molecule has 0 saturated carbocycles. The highest BCUT2D eigenvalue weighted by Gasteiger charge is 2.14. The second-order valence-corrected chi connectivity index (χ2v) is 9.53. The summed E-state index contributed by atoms with van der Waals surface area (Å²) in [6.45, 7) is 5.24. The zero-order valence-electron chi connectivity index (χ0n) is 19.0. The number of esters is 1. The van der Waals surface area contributed by atoms with Crippen LogP contribution in [0.15, 0.2) is 44.7 Å². The molecule has 3 aromatic rings. The van der Waals surface area contributed by atoms with Crippen molar-refractivity contribution in [3.63, 3.8) is 0 Å². The summed E-state index contributed by atoms with van der Waals surface area (Å²) in [6.07, 6.45) is 3.66. The van der Waals surface area contributed by atoms with Crippen LogP contribution in [0.5, 0.6) is 5.75 Å². The first-order valence-electron chi connectivity index (χ1n) is 10.8. The molecule has 1 aromatic heterocycles. The number of fused-ring (bicyclic) bond motifs is 1. The topological polar surface area (TPSA) is 82.8 Å². The van der Waals surface area contributed by atoms with Crippen LogP contribution in [0.1, 0.15) is 45.0 Å². The zero-order valence-corrected chi connectivity index (χ0v) is 22.1. The normalized spacial score (nSPS) is 11.5. The molecule has 0 radical (unpaired) electrons. The third kappa shape index (κ3) is 6.58. The number of hydrogen-bond donors (Lipinski definition) is 0. The van der Waals surface area contributed by atoms with Gasteiger partial charge >= 0.3 is 5.97 Å². The summed E-state index contributed by atoms with van der Waals surface area (Å²) in [5.74, 6) is 0.208. The standard InChI is InChI=1S/C24H24BrCl2N3O4/c1-4-5-6-21-29-20-8-7-16(25)11-17(20)24(32)30(21)28-12-15-9-18(26)23(19(27)10-15)33-13-22(31)34-14(2)3/h7-12,14H,4-6,13H2,1-3H3. The molecule has 0 fully saturated rings. The van der Waals surface area contributed by atoms with Gasteiger partial charge in [-0.05, 0) is 56.2 Å². The molecule has 0 aliphatic carbocycles. The van der Waals surface area contributed by atoms with Crippen LogP contribution in [0.25, 0.3) is 10.9 Å². The Labute approximate surface area is 215 Å². The first-order chi connectivity index (χ1) is 16.2. The quantitative estimate of drug-likeness (QED) is 0.233. The molecule has 7 nitrogen and oxygen atoms in total. The highest BCUT2D eigenvalue weighted by molar-refractivity contribution is 9.10. The Morgan fingerprint density at radius 2 is 1.94 bits per heavy atom. The van der Waals surface area contributed by atoms with E-state index < -0.39 is 5.97 Å². The molecular formula is C24H24BrCl2N3O4. The molecule has 0 atom stereocenters. The molecule has 0 amide bonds. The summed E-state index contributed by atoms with van der Waals surface area (Å²) in [6, 6.07) is 8.55. The van der Waals surface area contributed by atoms with E-state index in [1.165, 1.54) is 10.9 Å². The van der Waals surface area contributed by atoms with Crippen LogP contribution in [0.2, 0.25) is 10.0 Å². The molecule has 34 heavy (non-hydrogen) atoms. The summed E-state index contributed by atoms with van der Waals surface area (Å²) in [7, 11) is 0. The highest BCUT2D eigenvalue weighted by atomic mass is 79.9. The number of benzene rings is 2. The fourth-order valence-corrected chi connectivity index (χ4v) is 4.13. The van der Waals surface area contributed by atoms with Crippen molar-refractivity contribution in [3.05, 3.63) is 66.6 Å². The molecule has 0 bridgehead atoms. The molecule has 0 saturated heterocycles. The Morgan fingerprint density at radius 1 is 1.24 bits per heavy atom. The summed E-state index contributed by atoms with van der Waals surface area (Å²) < 4.78 is 12.6. The van der Waals surface area contributed by atoms with E-state index in [-0.39, 0.29) is 34.1 Å². The number of halogens is 3. The fourth-order valence-electron chi connectivity index (χ4n) is 3.15. The fraction of sp³-hybridized carbons (Fsp3) is 0.333. The number of aromatic nitrogens is 2. The van der Waals surface area contributed by atoms with Gasteiger partial charge in [-0.2, -0.15) is 9.78 Å². The van der Waals surface area contributed by atoms with Crippen LogP contribution >= 0.6 is 39.1 Å². The van der Waals surface area contributed by atoms with Crippen molar-refractivity contribution in [2.45, 2.75) is 46.1 Å². The van der Waals surface area contributed by atoms with E-state index in [4.69, 9.17) is 32.7 Å². The maximum Gasteiger partial charge on any atom is 0.344 e. The average molecular weight is 569 g/mol. The van der Waals surface area contributed by atoms with E-state index in [1.807, 2.05) is 6.07 Å². The van der Waals surface area contributed by atoms with Gasteiger partial charge in [0.05, 0.1) is 33.3 Å². The first-order valence-corrected chi connectivity index (χ1v) is 12.3. The van der Waals surface area contributed by atoms with E-state index >= 15 is 0 Å². The van der Waals surface area contributed by atoms with E-state index in [0.29, 0.717) is 28.7 Å². The van der Waals surface area contributed by atoms with E-state index in [1.54, 1.807) is 38.1 Å². The van der Waals surface area contributed by atoms with Gasteiger partial charge in [0, 0.05) is 10.9 Å². The van der Waals surface area contributed by atoms with Crippen LogP contribution in [-0.4, -0.2) is 34.6 Å². The number of nitrogens with zero attached hydrogens (tertiary/aromatic N) is 3. The Balaban J connectivity index is 1.92. The molecule has 0 aliphatic rings. The van der Waals surface area contributed by atoms with Gasteiger partial charge in [0.1, 0.15) is 5.82 Å². The summed E-state index contributed by atoms with van der Waals surface area (Å²) in [4.78, 5) is 29.6.